The third-order valence-corrected chi connectivity index (χ3v) is 5.82. The van der Waals surface area contributed by atoms with Crippen molar-refractivity contribution in [3.63, 3.8) is 0 Å². The van der Waals surface area contributed by atoms with Crippen LogP contribution < -0.4 is 10.1 Å². The molecule has 1 aliphatic heterocycles. The van der Waals surface area contributed by atoms with Gasteiger partial charge in [-0.1, -0.05) is 18.2 Å². The van der Waals surface area contributed by atoms with Crippen LogP contribution in [0, 0.1) is 0 Å². The lowest BCUT2D eigenvalue weighted by Crippen LogP contribution is -2.26. The maximum absolute atomic E-state index is 12.6. The summed E-state index contributed by atoms with van der Waals surface area (Å²) in [7, 11) is 0. The molecule has 1 aromatic carbocycles. The van der Waals surface area contributed by atoms with Gasteiger partial charge in [-0.15, -0.1) is 0 Å². The smallest absolute Gasteiger partial charge is 0.235 e. The van der Waals surface area contributed by atoms with E-state index in [0.29, 0.717) is 13.0 Å². The Morgan fingerprint density at radius 3 is 2.82 bits per heavy atom. The number of halogens is 2. The molecule has 6 heteroatoms. The zero-order chi connectivity index (χ0) is 15.5. The Labute approximate surface area is 146 Å². The molecule has 1 aromatic heterocycles. The van der Waals surface area contributed by atoms with Gasteiger partial charge >= 0.3 is 0 Å². The van der Waals surface area contributed by atoms with E-state index in [9.17, 15) is 4.79 Å². The van der Waals surface area contributed by atoms with E-state index in [1.165, 1.54) is 0 Å². The molecule has 0 unspecified atom stereocenters. The molecule has 0 saturated carbocycles. The topological polar surface area (TPSA) is 43.3 Å². The van der Waals surface area contributed by atoms with Crippen LogP contribution in [-0.4, -0.2) is 23.6 Å². The van der Waals surface area contributed by atoms with Crippen molar-refractivity contribution in [2.24, 2.45) is 0 Å². The number of rotatable bonds is 4. The zero-order valence-electron chi connectivity index (χ0n) is 11.9. The average Bonchev–Trinajstić information content (AvgIpc) is 2.80. The van der Waals surface area contributed by atoms with Gasteiger partial charge in [0.15, 0.2) is 0 Å². The van der Waals surface area contributed by atoms with Crippen LogP contribution in [0.1, 0.15) is 22.5 Å². The first-order valence-electron chi connectivity index (χ1n) is 7.17. The molecule has 4 nitrogen and oxygen atoms in total. The van der Waals surface area contributed by atoms with Gasteiger partial charge in [0.05, 0.1) is 17.5 Å². The Bertz CT molecular complexity index is 683. The van der Waals surface area contributed by atoms with Crippen molar-refractivity contribution in [2.45, 2.75) is 19.4 Å². The summed E-state index contributed by atoms with van der Waals surface area (Å²) in [6.45, 7) is 2.05. The molecule has 0 amide bonds. The number of nitrogens with one attached hydrogen (secondary N) is 1. The number of nitrogens with zero attached hydrogens (tertiary/aromatic N) is 1. The van der Waals surface area contributed by atoms with Crippen LogP contribution in [0.4, 0.5) is 0 Å². The summed E-state index contributed by atoms with van der Waals surface area (Å²) >= 11 is 7.09. The van der Waals surface area contributed by atoms with E-state index in [1.54, 1.807) is 4.57 Å². The normalized spacial score (nSPS) is 13.7. The fourth-order valence-electron chi connectivity index (χ4n) is 2.61. The summed E-state index contributed by atoms with van der Waals surface area (Å²) in [5.41, 5.74) is 2.25. The van der Waals surface area contributed by atoms with Crippen LogP contribution in [0.2, 0.25) is 0 Å². The molecule has 0 radical (unpaired) electrons. The van der Waals surface area contributed by atoms with Crippen molar-refractivity contribution in [2.75, 3.05) is 13.2 Å². The molecule has 116 valence electrons. The largest absolute Gasteiger partial charge is 0.493 e. The van der Waals surface area contributed by atoms with Crippen molar-refractivity contribution in [3.8, 4) is 5.75 Å². The fraction of sp³-hybridized carbons (Fsp3) is 0.312. The van der Waals surface area contributed by atoms with Crippen molar-refractivity contribution >= 4 is 37.8 Å². The Hall–Kier alpha value is -1.11. The lowest BCUT2D eigenvalue weighted by molar-refractivity contribution is 0.0875. The zero-order valence-corrected chi connectivity index (χ0v) is 15.1. The molecular formula is C16H16Br2N2O2. The molecule has 3 rings (SSSR count). The van der Waals surface area contributed by atoms with E-state index in [0.717, 1.165) is 45.6 Å². The molecule has 1 aliphatic rings. The fourth-order valence-corrected chi connectivity index (χ4v) is 3.81. The van der Waals surface area contributed by atoms with E-state index >= 15 is 0 Å². The highest BCUT2D eigenvalue weighted by atomic mass is 79.9. The second-order valence-electron chi connectivity index (χ2n) is 5.10. The summed E-state index contributed by atoms with van der Waals surface area (Å²) in [6.07, 6.45) is 1.19. The lowest BCUT2D eigenvalue weighted by atomic mass is 10.1. The first kappa shape index (κ1) is 15.8. The summed E-state index contributed by atoms with van der Waals surface area (Å²) in [5.74, 6) is 0.834. The van der Waals surface area contributed by atoms with Gasteiger partial charge in [-0.05, 0) is 44.0 Å². The van der Waals surface area contributed by atoms with E-state index in [2.05, 4.69) is 37.2 Å². The third kappa shape index (κ3) is 3.14. The molecule has 0 saturated heterocycles. The Balaban J connectivity index is 1.70. The Morgan fingerprint density at radius 2 is 2.05 bits per heavy atom. The number of fused-ring (bicyclic) bond motifs is 1. The van der Waals surface area contributed by atoms with E-state index in [4.69, 9.17) is 4.74 Å². The first-order valence-corrected chi connectivity index (χ1v) is 8.76. The van der Waals surface area contributed by atoms with Crippen LogP contribution in [-0.2, 0) is 13.0 Å². The average molecular weight is 428 g/mol. The van der Waals surface area contributed by atoms with Crippen LogP contribution >= 0.6 is 31.9 Å². The molecule has 2 aromatic rings. The van der Waals surface area contributed by atoms with E-state index in [-0.39, 0.29) is 5.91 Å². The number of carbonyl (C=O) groups is 1. The molecule has 0 bridgehead atoms. The van der Waals surface area contributed by atoms with Gasteiger partial charge in [0.25, 0.3) is 0 Å². The van der Waals surface area contributed by atoms with Crippen LogP contribution in [0.3, 0.4) is 0 Å². The van der Waals surface area contributed by atoms with Crippen LogP contribution in [0.25, 0.3) is 0 Å². The molecule has 0 fully saturated rings. The predicted octanol–water partition coefficient (Wildman–Crippen LogP) is 3.77. The number of para-hydroxylation sites is 1. The molecule has 1 N–H and O–H groups in total. The number of hydrogen-bond donors (Lipinski definition) is 1. The van der Waals surface area contributed by atoms with Crippen molar-refractivity contribution in [3.05, 3.63) is 50.7 Å². The highest BCUT2D eigenvalue weighted by molar-refractivity contribution is 9.13. The van der Waals surface area contributed by atoms with Crippen molar-refractivity contribution < 1.29 is 9.53 Å². The highest BCUT2D eigenvalue weighted by Crippen LogP contribution is 2.34. The third-order valence-electron chi connectivity index (χ3n) is 3.68. The summed E-state index contributed by atoms with van der Waals surface area (Å²) in [6, 6.07) is 9.55. The summed E-state index contributed by atoms with van der Waals surface area (Å²) < 4.78 is 9.15. The summed E-state index contributed by atoms with van der Waals surface area (Å²) in [4.78, 5) is 12.6. The van der Waals surface area contributed by atoms with Crippen molar-refractivity contribution in [1.82, 2.24) is 9.88 Å². The highest BCUT2D eigenvalue weighted by Gasteiger charge is 2.25. The van der Waals surface area contributed by atoms with Gasteiger partial charge in [0, 0.05) is 30.8 Å². The minimum atomic E-state index is 0.0478. The molecule has 0 spiro atoms. The number of carbonyl (C=O) groups excluding carboxylic acids is 1. The maximum Gasteiger partial charge on any atom is 0.235 e. The standard InChI is InChI=1S/C16H16Br2N2O2/c17-15-12-10-19-8-6-13(12)20(16(15)18)14(21)7-9-22-11-4-2-1-3-5-11/h1-5,19H,6-10H2. The molecule has 22 heavy (non-hydrogen) atoms. The number of hydrogen-bond acceptors (Lipinski definition) is 3. The van der Waals surface area contributed by atoms with E-state index in [1.807, 2.05) is 30.3 Å². The van der Waals surface area contributed by atoms with Gasteiger partial charge in [-0.25, -0.2) is 0 Å². The van der Waals surface area contributed by atoms with Gasteiger partial charge in [0.1, 0.15) is 10.4 Å². The second-order valence-corrected chi connectivity index (χ2v) is 6.64. The number of benzene rings is 1. The SMILES string of the molecule is O=C(CCOc1ccccc1)n1c(Br)c(Br)c2c1CCNC2. The lowest BCUT2D eigenvalue weighted by Gasteiger charge is -2.16. The van der Waals surface area contributed by atoms with Gasteiger partial charge in [-0.3, -0.25) is 9.36 Å². The Kier molecular flexibility index (Phi) is 5.00. The first-order chi connectivity index (χ1) is 10.7. The van der Waals surface area contributed by atoms with E-state index < -0.39 is 0 Å². The minimum absolute atomic E-state index is 0.0478. The molecule has 0 aliphatic carbocycles. The van der Waals surface area contributed by atoms with Crippen molar-refractivity contribution in [1.29, 1.82) is 0 Å². The van der Waals surface area contributed by atoms with Gasteiger partial charge in [-0.2, -0.15) is 0 Å². The quantitative estimate of drug-likeness (QED) is 0.807. The monoisotopic (exact) mass is 426 g/mol. The van der Waals surface area contributed by atoms with Gasteiger partial charge < -0.3 is 10.1 Å². The molecule has 2 heterocycles. The number of ether oxygens (including phenoxy) is 1. The molecular weight excluding hydrogens is 412 g/mol. The maximum atomic E-state index is 12.6. The molecule has 0 atom stereocenters. The van der Waals surface area contributed by atoms with Crippen LogP contribution in [0.5, 0.6) is 5.75 Å². The minimum Gasteiger partial charge on any atom is -0.493 e. The summed E-state index contributed by atoms with van der Waals surface area (Å²) in [5, 5.41) is 3.33. The Morgan fingerprint density at radius 1 is 1.27 bits per heavy atom. The second kappa shape index (κ2) is 6.98. The number of aromatic nitrogens is 1. The van der Waals surface area contributed by atoms with Crippen LogP contribution in [0.15, 0.2) is 39.4 Å². The predicted molar refractivity (Wildman–Crippen MR) is 92.4 cm³/mol. The van der Waals surface area contributed by atoms with Gasteiger partial charge in [0.2, 0.25) is 5.91 Å².